The summed E-state index contributed by atoms with van der Waals surface area (Å²) in [6.07, 6.45) is 0. The minimum Gasteiger partial charge on any atom is -0.375 e. The first-order chi connectivity index (χ1) is 9.45. The third-order valence-electron chi connectivity index (χ3n) is 2.56. The van der Waals surface area contributed by atoms with Gasteiger partial charge in [0.2, 0.25) is 0 Å². The summed E-state index contributed by atoms with van der Waals surface area (Å²) in [7, 11) is 0. The van der Waals surface area contributed by atoms with E-state index in [9.17, 15) is 14.5 Å². The van der Waals surface area contributed by atoms with Crippen molar-refractivity contribution in [1.82, 2.24) is 0 Å². The van der Waals surface area contributed by atoms with Gasteiger partial charge in [0.15, 0.2) is 0 Å². The second-order valence-corrected chi connectivity index (χ2v) is 4.92. The molecular formula is C13H9Cl2FN2O2. The first kappa shape index (κ1) is 14.6. The van der Waals surface area contributed by atoms with Crippen LogP contribution in [-0.2, 0) is 6.54 Å². The highest BCUT2D eigenvalue weighted by atomic mass is 35.5. The first-order valence-electron chi connectivity index (χ1n) is 5.58. The lowest BCUT2D eigenvalue weighted by atomic mass is 10.2. The summed E-state index contributed by atoms with van der Waals surface area (Å²) in [6, 6.07) is 8.25. The summed E-state index contributed by atoms with van der Waals surface area (Å²) >= 11 is 11.6. The van der Waals surface area contributed by atoms with Gasteiger partial charge in [0.1, 0.15) is 11.5 Å². The predicted molar refractivity (Wildman–Crippen MR) is 76.8 cm³/mol. The molecule has 0 saturated heterocycles. The van der Waals surface area contributed by atoms with Crippen molar-refractivity contribution >= 4 is 34.6 Å². The Kier molecular flexibility index (Phi) is 4.42. The van der Waals surface area contributed by atoms with Crippen LogP contribution >= 0.6 is 23.2 Å². The van der Waals surface area contributed by atoms with Crippen molar-refractivity contribution in [1.29, 1.82) is 0 Å². The van der Waals surface area contributed by atoms with Gasteiger partial charge in [-0.15, -0.1) is 0 Å². The van der Waals surface area contributed by atoms with Crippen molar-refractivity contribution in [2.45, 2.75) is 6.54 Å². The van der Waals surface area contributed by atoms with Crippen molar-refractivity contribution in [2.75, 3.05) is 5.32 Å². The van der Waals surface area contributed by atoms with Crippen molar-refractivity contribution < 1.29 is 9.31 Å². The van der Waals surface area contributed by atoms with Crippen molar-refractivity contribution in [2.24, 2.45) is 0 Å². The zero-order valence-corrected chi connectivity index (χ0v) is 11.6. The number of halogens is 3. The average molecular weight is 315 g/mol. The molecule has 0 saturated carbocycles. The van der Waals surface area contributed by atoms with Crippen molar-refractivity contribution in [3.05, 3.63) is 67.9 Å². The number of nitro groups is 1. The van der Waals surface area contributed by atoms with Crippen LogP contribution in [0.1, 0.15) is 5.56 Å². The molecule has 2 aromatic rings. The maximum absolute atomic E-state index is 13.2. The van der Waals surface area contributed by atoms with Gasteiger partial charge in [-0.25, -0.2) is 4.39 Å². The van der Waals surface area contributed by atoms with Crippen molar-refractivity contribution in [3.8, 4) is 0 Å². The third-order valence-corrected chi connectivity index (χ3v) is 3.01. The van der Waals surface area contributed by atoms with E-state index in [0.717, 1.165) is 0 Å². The molecule has 20 heavy (non-hydrogen) atoms. The Balaban J connectivity index is 2.22. The zero-order valence-electron chi connectivity index (χ0n) is 10.1. The van der Waals surface area contributed by atoms with E-state index in [1.165, 1.54) is 30.3 Å². The Morgan fingerprint density at radius 1 is 1.15 bits per heavy atom. The lowest BCUT2D eigenvalue weighted by Crippen LogP contribution is -2.03. The smallest absolute Gasteiger partial charge is 0.292 e. The number of nitrogens with one attached hydrogen (secondary N) is 1. The molecule has 0 amide bonds. The molecule has 104 valence electrons. The molecule has 0 radical (unpaired) electrons. The number of nitro benzene ring substituents is 1. The van der Waals surface area contributed by atoms with Crippen LogP contribution in [0.4, 0.5) is 15.8 Å². The molecule has 0 aliphatic heterocycles. The molecule has 4 nitrogen and oxygen atoms in total. The molecule has 0 bridgehead atoms. The maximum atomic E-state index is 13.2. The monoisotopic (exact) mass is 314 g/mol. The van der Waals surface area contributed by atoms with E-state index in [2.05, 4.69) is 5.32 Å². The molecule has 0 heterocycles. The average Bonchev–Trinajstić information content (AvgIpc) is 2.35. The van der Waals surface area contributed by atoms with Crippen LogP contribution < -0.4 is 5.32 Å². The molecule has 0 aliphatic carbocycles. The van der Waals surface area contributed by atoms with Gasteiger partial charge in [-0.1, -0.05) is 23.2 Å². The van der Waals surface area contributed by atoms with Gasteiger partial charge in [-0.3, -0.25) is 10.1 Å². The van der Waals surface area contributed by atoms with Crippen LogP contribution in [0, 0.1) is 15.9 Å². The number of nitrogens with zero attached hydrogens (tertiary/aromatic N) is 1. The lowest BCUT2D eigenvalue weighted by Gasteiger charge is -2.08. The molecule has 0 fully saturated rings. The molecule has 0 spiro atoms. The first-order valence-corrected chi connectivity index (χ1v) is 6.34. The van der Waals surface area contributed by atoms with E-state index in [4.69, 9.17) is 23.2 Å². The molecule has 7 heteroatoms. The fourth-order valence-corrected chi connectivity index (χ4v) is 2.14. The number of anilines is 1. The summed E-state index contributed by atoms with van der Waals surface area (Å²) < 4.78 is 13.2. The largest absolute Gasteiger partial charge is 0.375 e. The van der Waals surface area contributed by atoms with Gasteiger partial charge in [0.05, 0.1) is 4.92 Å². The Labute approximate surface area is 124 Å². The quantitative estimate of drug-likeness (QED) is 0.660. The number of hydrogen-bond donors (Lipinski definition) is 1. The van der Waals surface area contributed by atoms with Crippen LogP contribution in [0.3, 0.4) is 0 Å². The summed E-state index contributed by atoms with van der Waals surface area (Å²) in [5.74, 6) is -0.463. The van der Waals surface area contributed by atoms with Crippen LogP contribution in [0.5, 0.6) is 0 Å². The minimum absolute atomic E-state index is 0.100. The molecule has 0 atom stereocenters. The van der Waals surface area contributed by atoms with Crippen LogP contribution in [0.2, 0.25) is 10.0 Å². The Morgan fingerprint density at radius 3 is 2.55 bits per heavy atom. The Bertz CT molecular complexity index is 645. The molecule has 0 aliphatic rings. The van der Waals surface area contributed by atoms with Gasteiger partial charge in [0, 0.05) is 22.7 Å². The molecule has 0 unspecified atom stereocenters. The van der Waals surface area contributed by atoms with E-state index in [0.29, 0.717) is 10.6 Å². The predicted octanol–water partition coefficient (Wildman–Crippen LogP) is 4.65. The fraction of sp³-hybridized carbons (Fsp3) is 0.0769. The number of benzene rings is 2. The molecule has 1 N–H and O–H groups in total. The van der Waals surface area contributed by atoms with Crippen LogP contribution in [0.15, 0.2) is 36.4 Å². The minimum atomic E-state index is -0.517. The Morgan fingerprint density at radius 2 is 1.90 bits per heavy atom. The summed E-state index contributed by atoms with van der Waals surface area (Å²) in [5.41, 5.74) is 0.740. The molecule has 2 rings (SSSR count). The molecule has 0 aromatic heterocycles. The maximum Gasteiger partial charge on any atom is 0.292 e. The van der Waals surface area contributed by atoms with Gasteiger partial charge >= 0.3 is 0 Å². The second kappa shape index (κ2) is 6.07. The Hall–Kier alpha value is -1.85. The van der Waals surface area contributed by atoms with Gasteiger partial charge in [-0.05, 0) is 35.9 Å². The van der Waals surface area contributed by atoms with E-state index in [1.807, 2.05) is 0 Å². The van der Waals surface area contributed by atoms with Crippen molar-refractivity contribution in [3.63, 3.8) is 0 Å². The van der Waals surface area contributed by atoms with Crippen LogP contribution in [-0.4, -0.2) is 4.92 Å². The summed E-state index contributed by atoms with van der Waals surface area (Å²) in [5, 5.41) is 14.4. The lowest BCUT2D eigenvalue weighted by molar-refractivity contribution is -0.384. The van der Waals surface area contributed by atoms with Gasteiger partial charge in [-0.2, -0.15) is 0 Å². The third kappa shape index (κ3) is 3.59. The van der Waals surface area contributed by atoms with E-state index >= 15 is 0 Å². The normalized spacial score (nSPS) is 10.3. The highest BCUT2D eigenvalue weighted by molar-refractivity contribution is 6.31. The highest BCUT2D eigenvalue weighted by Gasteiger charge is 2.13. The molecule has 2 aromatic carbocycles. The number of hydrogen-bond acceptors (Lipinski definition) is 3. The molecular weight excluding hydrogens is 306 g/mol. The van der Waals surface area contributed by atoms with Gasteiger partial charge < -0.3 is 5.32 Å². The SMILES string of the molecule is O=[N+]([O-])c1ccc(Cl)cc1NCc1cc(F)cc(Cl)c1. The fourth-order valence-electron chi connectivity index (χ4n) is 1.72. The number of rotatable bonds is 4. The van der Waals surface area contributed by atoms with Gasteiger partial charge in [0.25, 0.3) is 5.69 Å². The second-order valence-electron chi connectivity index (χ2n) is 4.05. The summed E-state index contributed by atoms with van der Waals surface area (Å²) in [6.45, 7) is 0.193. The zero-order chi connectivity index (χ0) is 14.7. The highest BCUT2D eigenvalue weighted by Crippen LogP contribution is 2.28. The topological polar surface area (TPSA) is 55.2 Å². The van der Waals surface area contributed by atoms with E-state index < -0.39 is 10.7 Å². The van der Waals surface area contributed by atoms with E-state index in [-0.39, 0.29) is 22.9 Å². The van der Waals surface area contributed by atoms with Crippen LogP contribution in [0.25, 0.3) is 0 Å². The standard InChI is InChI=1S/C13H9Cl2FN2O2/c14-9-1-2-13(18(19)20)12(6-9)17-7-8-3-10(15)5-11(16)4-8/h1-6,17H,7H2. The summed E-state index contributed by atoms with van der Waals surface area (Å²) in [4.78, 5) is 10.4. The van der Waals surface area contributed by atoms with E-state index in [1.54, 1.807) is 6.07 Å².